The molecule has 2 amide bonds. The van der Waals surface area contributed by atoms with Gasteiger partial charge in [-0.2, -0.15) is 0 Å². The number of morpholine rings is 1. The normalized spacial score (nSPS) is 14.4. The topological polar surface area (TPSA) is 92.7 Å². The van der Waals surface area contributed by atoms with Crippen LogP contribution in [0.5, 0.6) is 0 Å². The number of anilines is 2. The van der Waals surface area contributed by atoms with Crippen molar-refractivity contribution >= 4 is 34.1 Å². The molecule has 8 nitrogen and oxygen atoms in total. The molecule has 2 heterocycles. The number of hydrogen-bond acceptors (Lipinski definition) is 5. The molecule has 2 aromatic carbocycles. The Morgan fingerprint density at radius 1 is 0.968 bits per heavy atom. The summed E-state index contributed by atoms with van der Waals surface area (Å²) < 4.78 is 6.80. The van der Waals surface area contributed by atoms with Gasteiger partial charge in [0.2, 0.25) is 5.91 Å². The van der Waals surface area contributed by atoms with E-state index in [0.717, 1.165) is 13.1 Å². The average molecular weight is 420 g/mol. The highest BCUT2D eigenvalue weighted by molar-refractivity contribution is 6.12. The van der Waals surface area contributed by atoms with E-state index in [9.17, 15) is 14.4 Å². The molecule has 8 heteroatoms. The van der Waals surface area contributed by atoms with Gasteiger partial charge in [-0.25, -0.2) is 0 Å². The zero-order valence-electron chi connectivity index (χ0n) is 17.3. The van der Waals surface area contributed by atoms with Crippen LogP contribution >= 0.6 is 0 Å². The summed E-state index contributed by atoms with van der Waals surface area (Å²) in [6.07, 6.45) is 0. The molecule has 1 aromatic heterocycles. The SMILES string of the molecule is Cn1c(=O)cc(C(=O)Nc2ccc(NC(=O)CN3CCOCC3)cc2)c2ccccc21. The first-order valence-electron chi connectivity index (χ1n) is 10.1. The van der Waals surface area contributed by atoms with E-state index in [2.05, 4.69) is 10.6 Å². The Hall–Kier alpha value is -3.49. The molecule has 0 saturated carbocycles. The third-order valence-electron chi connectivity index (χ3n) is 5.30. The number of aromatic nitrogens is 1. The summed E-state index contributed by atoms with van der Waals surface area (Å²) >= 11 is 0. The number of rotatable bonds is 5. The number of para-hydroxylation sites is 1. The van der Waals surface area contributed by atoms with E-state index in [1.54, 1.807) is 31.3 Å². The molecule has 31 heavy (non-hydrogen) atoms. The molecule has 1 fully saturated rings. The van der Waals surface area contributed by atoms with Crippen molar-refractivity contribution in [3.63, 3.8) is 0 Å². The number of hydrogen-bond donors (Lipinski definition) is 2. The smallest absolute Gasteiger partial charge is 0.256 e. The lowest BCUT2D eigenvalue weighted by atomic mass is 10.1. The second-order valence-corrected chi connectivity index (χ2v) is 7.44. The van der Waals surface area contributed by atoms with Crippen LogP contribution in [0.1, 0.15) is 10.4 Å². The minimum absolute atomic E-state index is 0.0923. The maximum atomic E-state index is 12.8. The number of pyridine rings is 1. The van der Waals surface area contributed by atoms with Crippen molar-refractivity contribution in [2.75, 3.05) is 43.5 Å². The molecular formula is C23H24N4O4. The van der Waals surface area contributed by atoms with Crippen LogP contribution in [0.3, 0.4) is 0 Å². The number of nitrogens with zero attached hydrogens (tertiary/aromatic N) is 2. The van der Waals surface area contributed by atoms with Gasteiger partial charge in [0.05, 0.1) is 30.8 Å². The van der Waals surface area contributed by atoms with Crippen LogP contribution in [0.2, 0.25) is 0 Å². The van der Waals surface area contributed by atoms with Gasteiger partial charge in [0.1, 0.15) is 0 Å². The highest BCUT2D eigenvalue weighted by Crippen LogP contribution is 2.19. The van der Waals surface area contributed by atoms with Crippen molar-refractivity contribution in [1.29, 1.82) is 0 Å². The predicted octanol–water partition coefficient (Wildman–Crippen LogP) is 2.06. The first-order valence-corrected chi connectivity index (χ1v) is 10.1. The van der Waals surface area contributed by atoms with Gasteiger partial charge >= 0.3 is 0 Å². The monoisotopic (exact) mass is 420 g/mol. The lowest BCUT2D eigenvalue weighted by Gasteiger charge is -2.25. The Balaban J connectivity index is 1.43. The maximum Gasteiger partial charge on any atom is 0.256 e. The van der Waals surface area contributed by atoms with Crippen LogP contribution in [0.15, 0.2) is 59.4 Å². The van der Waals surface area contributed by atoms with Crippen molar-refractivity contribution in [2.45, 2.75) is 0 Å². The van der Waals surface area contributed by atoms with Crippen LogP contribution < -0.4 is 16.2 Å². The van der Waals surface area contributed by atoms with Gasteiger partial charge in [-0.3, -0.25) is 19.3 Å². The van der Waals surface area contributed by atoms with Crippen molar-refractivity contribution < 1.29 is 14.3 Å². The van der Waals surface area contributed by atoms with Gasteiger partial charge in [0, 0.05) is 43.0 Å². The van der Waals surface area contributed by atoms with Gasteiger partial charge in [0.25, 0.3) is 11.5 Å². The highest BCUT2D eigenvalue weighted by Gasteiger charge is 2.15. The molecule has 160 valence electrons. The Kier molecular flexibility index (Phi) is 6.11. The molecular weight excluding hydrogens is 396 g/mol. The molecule has 0 aliphatic carbocycles. The molecule has 0 radical (unpaired) electrons. The van der Waals surface area contributed by atoms with Crippen molar-refractivity contribution in [1.82, 2.24) is 9.47 Å². The Bertz CT molecular complexity index is 1160. The number of aryl methyl sites for hydroxylation is 1. The summed E-state index contributed by atoms with van der Waals surface area (Å²) in [6, 6.07) is 15.5. The first kappa shape index (κ1) is 20.8. The molecule has 0 bridgehead atoms. The second kappa shape index (κ2) is 9.11. The van der Waals surface area contributed by atoms with Crippen LogP contribution in [0, 0.1) is 0 Å². The fourth-order valence-corrected chi connectivity index (χ4v) is 3.60. The number of ether oxygens (including phenoxy) is 1. The highest BCUT2D eigenvalue weighted by atomic mass is 16.5. The zero-order valence-corrected chi connectivity index (χ0v) is 17.3. The maximum absolute atomic E-state index is 12.8. The summed E-state index contributed by atoms with van der Waals surface area (Å²) in [5.74, 6) is -0.455. The molecule has 1 saturated heterocycles. The van der Waals surface area contributed by atoms with Crippen molar-refractivity contribution in [3.05, 3.63) is 70.5 Å². The Morgan fingerprint density at radius 2 is 1.61 bits per heavy atom. The molecule has 2 N–H and O–H groups in total. The second-order valence-electron chi connectivity index (χ2n) is 7.44. The average Bonchev–Trinajstić information content (AvgIpc) is 2.78. The van der Waals surface area contributed by atoms with E-state index in [1.807, 2.05) is 29.2 Å². The van der Waals surface area contributed by atoms with E-state index >= 15 is 0 Å². The lowest BCUT2D eigenvalue weighted by Crippen LogP contribution is -2.41. The van der Waals surface area contributed by atoms with Crippen LogP contribution in [-0.4, -0.2) is 54.1 Å². The van der Waals surface area contributed by atoms with Crippen LogP contribution in [0.25, 0.3) is 10.9 Å². The minimum Gasteiger partial charge on any atom is -0.379 e. The fraction of sp³-hybridized carbons (Fsp3) is 0.261. The van der Waals surface area contributed by atoms with Crippen LogP contribution in [0.4, 0.5) is 11.4 Å². The largest absolute Gasteiger partial charge is 0.379 e. The summed E-state index contributed by atoms with van der Waals surface area (Å²) in [7, 11) is 1.68. The molecule has 1 aliphatic heterocycles. The van der Waals surface area contributed by atoms with E-state index in [0.29, 0.717) is 47.6 Å². The third-order valence-corrected chi connectivity index (χ3v) is 5.30. The minimum atomic E-state index is -0.363. The molecule has 0 atom stereocenters. The summed E-state index contributed by atoms with van der Waals surface area (Å²) in [6.45, 7) is 3.10. The lowest BCUT2D eigenvalue weighted by molar-refractivity contribution is -0.118. The number of fused-ring (bicyclic) bond motifs is 1. The van der Waals surface area contributed by atoms with E-state index in [-0.39, 0.29) is 17.4 Å². The van der Waals surface area contributed by atoms with E-state index in [4.69, 9.17) is 4.74 Å². The number of carbonyl (C=O) groups is 2. The predicted molar refractivity (Wildman–Crippen MR) is 119 cm³/mol. The summed E-state index contributed by atoms with van der Waals surface area (Å²) in [5, 5.41) is 6.39. The zero-order chi connectivity index (χ0) is 21.8. The third kappa shape index (κ3) is 4.82. The van der Waals surface area contributed by atoms with Crippen LogP contribution in [-0.2, 0) is 16.6 Å². The van der Waals surface area contributed by atoms with Crippen molar-refractivity contribution in [3.8, 4) is 0 Å². The number of amides is 2. The Labute approximate surface area is 179 Å². The van der Waals surface area contributed by atoms with E-state index in [1.165, 1.54) is 10.6 Å². The first-order chi connectivity index (χ1) is 15.0. The van der Waals surface area contributed by atoms with E-state index < -0.39 is 0 Å². The van der Waals surface area contributed by atoms with Crippen molar-refractivity contribution in [2.24, 2.45) is 7.05 Å². The molecule has 0 spiro atoms. The Morgan fingerprint density at radius 3 is 2.32 bits per heavy atom. The van der Waals surface area contributed by atoms with Gasteiger partial charge in [-0.1, -0.05) is 18.2 Å². The number of benzene rings is 2. The van der Waals surface area contributed by atoms with Gasteiger partial charge in [-0.15, -0.1) is 0 Å². The fourth-order valence-electron chi connectivity index (χ4n) is 3.60. The summed E-state index contributed by atoms with van der Waals surface area (Å²) in [4.78, 5) is 39.3. The molecule has 0 unspecified atom stereocenters. The quantitative estimate of drug-likeness (QED) is 0.659. The van der Waals surface area contributed by atoms with Gasteiger partial charge in [-0.05, 0) is 30.3 Å². The number of carbonyl (C=O) groups excluding carboxylic acids is 2. The van der Waals surface area contributed by atoms with Gasteiger partial charge in [0.15, 0.2) is 0 Å². The molecule has 1 aliphatic rings. The summed E-state index contributed by atoms with van der Waals surface area (Å²) in [5.41, 5.74) is 1.98. The molecule has 4 rings (SSSR count). The standard InChI is InChI=1S/C23H24N4O4/c1-26-20-5-3-2-4-18(20)19(14-22(26)29)23(30)25-17-8-6-16(7-9-17)24-21(28)15-27-10-12-31-13-11-27/h2-9,14H,10-13,15H2,1H3,(H,24,28)(H,25,30). The molecule has 3 aromatic rings. The van der Waals surface area contributed by atoms with Gasteiger partial charge < -0.3 is 19.9 Å². The number of nitrogens with one attached hydrogen (secondary N) is 2.